The summed E-state index contributed by atoms with van der Waals surface area (Å²) < 4.78 is 11.3. The summed E-state index contributed by atoms with van der Waals surface area (Å²) in [5.41, 5.74) is 2.67. The standard InChI is InChI=1S/C17H24O2/c1-13-6-8-14(9-7-13)12-15-4-2-3-5-16(15)17-18-10-11-19-17/h2-5,13-14,17H,6-12H2,1H3. The quantitative estimate of drug-likeness (QED) is 0.814. The third-order valence-electron chi connectivity index (χ3n) is 4.57. The van der Waals surface area contributed by atoms with Crippen molar-refractivity contribution >= 4 is 0 Å². The Bertz CT molecular complexity index is 401. The van der Waals surface area contributed by atoms with E-state index in [1.165, 1.54) is 43.2 Å². The van der Waals surface area contributed by atoms with Crippen LogP contribution in [0.5, 0.6) is 0 Å². The first-order valence-electron chi connectivity index (χ1n) is 7.64. The summed E-state index contributed by atoms with van der Waals surface area (Å²) in [6, 6.07) is 8.64. The van der Waals surface area contributed by atoms with Crippen molar-refractivity contribution < 1.29 is 9.47 Å². The van der Waals surface area contributed by atoms with Crippen molar-refractivity contribution in [3.63, 3.8) is 0 Å². The second kappa shape index (κ2) is 6.06. The van der Waals surface area contributed by atoms with E-state index < -0.39 is 0 Å². The molecule has 1 aliphatic heterocycles. The van der Waals surface area contributed by atoms with Crippen LogP contribution in [0.25, 0.3) is 0 Å². The van der Waals surface area contributed by atoms with E-state index in [4.69, 9.17) is 9.47 Å². The molecule has 0 aromatic heterocycles. The third kappa shape index (κ3) is 3.18. The van der Waals surface area contributed by atoms with Crippen molar-refractivity contribution in [3.05, 3.63) is 35.4 Å². The SMILES string of the molecule is CC1CCC(Cc2ccccc2C2OCCO2)CC1. The van der Waals surface area contributed by atoms with Crippen LogP contribution in [0.4, 0.5) is 0 Å². The molecule has 0 radical (unpaired) electrons. The Kier molecular flexibility index (Phi) is 4.19. The zero-order chi connectivity index (χ0) is 13.1. The molecule has 0 spiro atoms. The molecule has 1 aliphatic carbocycles. The number of hydrogen-bond donors (Lipinski definition) is 0. The molecule has 1 aromatic carbocycles. The Morgan fingerprint density at radius 3 is 2.42 bits per heavy atom. The Morgan fingerprint density at radius 1 is 1.00 bits per heavy atom. The van der Waals surface area contributed by atoms with E-state index in [0.717, 1.165) is 25.0 Å². The summed E-state index contributed by atoms with van der Waals surface area (Å²) >= 11 is 0. The largest absolute Gasteiger partial charge is 0.346 e. The molecular formula is C17H24O2. The molecule has 2 nitrogen and oxygen atoms in total. The van der Waals surface area contributed by atoms with Gasteiger partial charge in [-0.2, -0.15) is 0 Å². The molecule has 3 rings (SSSR count). The first-order chi connectivity index (χ1) is 9.33. The van der Waals surface area contributed by atoms with Crippen molar-refractivity contribution in [1.82, 2.24) is 0 Å². The third-order valence-corrected chi connectivity index (χ3v) is 4.57. The van der Waals surface area contributed by atoms with Gasteiger partial charge in [-0.15, -0.1) is 0 Å². The molecule has 2 aliphatic rings. The van der Waals surface area contributed by atoms with Crippen LogP contribution >= 0.6 is 0 Å². The van der Waals surface area contributed by atoms with E-state index >= 15 is 0 Å². The maximum absolute atomic E-state index is 5.66. The molecule has 1 heterocycles. The van der Waals surface area contributed by atoms with E-state index in [1.54, 1.807) is 0 Å². The highest BCUT2D eigenvalue weighted by Crippen LogP contribution is 2.33. The molecule has 1 saturated carbocycles. The topological polar surface area (TPSA) is 18.5 Å². The van der Waals surface area contributed by atoms with Crippen LogP contribution in [0.15, 0.2) is 24.3 Å². The lowest BCUT2D eigenvalue weighted by atomic mass is 9.79. The molecule has 0 N–H and O–H groups in total. The van der Waals surface area contributed by atoms with Gasteiger partial charge in [0.1, 0.15) is 0 Å². The van der Waals surface area contributed by atoms with Crippen LogP contribution in [0.2, 0.25) is 0 Å². The van der Waals surface area contributed by atoms with Crippen molar-refractivity contribution in [3.8, 4) is 0 Å². The molecule has 0 amide bonds. The first-order valence-corrected chi connectivity index (χ1v) is 7.64. The van der Waals surface area contributed by atoms with E-state index in [0.29, 0.717) is 0 Å². The van der Waals surface area contributed by atoms with Gasteiger partial charge < -0.3 is 9.47 Å². The number of hydrogen-bond acceptors (Lipinski definition) is 2. The highest BCUT2D eigenvalue weighted by atomic mass is 16.7. The number of ether oxygens (including phenoxy) is 2. The fourth-order valence-corrected chi connectivity index (χ4v) is 3.33. The summed E-state index contributed by atoms with van der Waals surface area (Å²) in [5, 5.41) is 0. The Hall–Kier alpha value is -0.860. The van der Waals surface area contributed by atoms with Crippen LogP contribution in [-0.2, 0) is 15.9 Å². The molecule has 0 unspecified atom stereocenters. The maximum Gasteiger partial charge on any atom is 0.184 e. The monoisotopic (exact) mass is 260 g/mol. The maximum atomic E-state index is 5.66. The van der Waals surface area contributed by atoms with Gasteiger partial charge in [0, 0.05) is 5.56 Å². The fraction of sp³-hybridized carbons (Fsp3) is 0.647. The molecule has 0 bridgehead atoms. The van der Waals surface area contributed by atoms with Crippen LogP contribution < -0.4 is 0 Å². The minimum absolute atomic E-state index is 0.126. The van der Waals surface area contributed by atoms with Gasteiger partial charge in [-0.05, 0) is 36.7 Å². The van der Waals surface area contributed by atoms with E-state index in [9.17, 15) is 0 Å². The molecule has 1 saturated heterocycles. The van der Waals surface area contributed by atoms with Crippen LogP contribution in [0.3, 0.4) is 0 Å². The van der Waals surface area contributed by atoms with Gasteiger partial charge in [0.25, 0.3) is 0 Å². The second-order valence-corrected chi connectivity index (χ2v) is 6.10. The Labute approximate surface area is 116 Å². The Morgan fingerprint density at radius 2 is 1.68 bits per heavy atom. The number of benzene rings is 1. The van der Waals surface area contributed by atoms with Crippen LogP contribution in [0, 0.1) is 11.8 Å². The normalized spacial score (nSPS) is 28.7. The zero-order valence-electron chi connectivity index (χ0n) is 11.8. The molecule has 0 atom stereocenters. The van der Waals surface area contributed by atoms with Crippen molar-refractivity contribution in [1.29, 1.82) is 0 Å². The molecule has 1 aromatic rings. The van der Waals surface area contributed by atoms with Gasteiger partial charge in [0.2, 0.25) is 0 Å². The summed E-state index contributed by atoms with van der Waals surface area (Å²) in [5.74, 6) is 1.77. The minimum Gasteiger partial charge on any atom is -0.346 e. The molecular weight excluding hydrogens is 236 g/mol. The van der Waals surface area contributed by atoms with Crippen molar-refractivity contribution in [2.24, 2.45) is 11.8 Å². The van der Waals surface area contributed by atoms with Gasteiger partial charge in [-0.1, -0.05) is 44.0 Å². The Balaban J connectivity index is 1.69. The average molecular weight is 260 g/mol. The lowest BCUT2D eigenvalue weighted by Crippen LogP contribution is -2.15. The molecule has 19 heavy (non-hydrogen) atoms. The summed E-state index contributed by atoms with van der Waals surface area (Å²) in [6.45, 7) is 3.82. The van der Waals surface area contributed by atoms with E-state index in [2.05, 4.69) is 31.2 Å². The van der Waals surface area contributed by atoms with Gasteiger partial charge in [-0.3, -0.25) is 0 Å². The summed E-state index contributed by atoms with van der Waals surface area (Å²) in [4.78, 5) is 0. The first kappa shape index (κ1) is 13.1. The molecule has 2 heteroatoms. The lowest BCUT2D eigenvalue weighted by Gasteiger charge is -2.27. The fourth-order valence-electron chi connectivity index (χ4n) is 3.33. The minimum atomic E-state index is -0.126. The van der Waals surface area contributed by atoms with Gasteiger partial charge in [-0.25, -0.2) is 0 Å². The second-order valence-electron chi connectivity index (χ2n) is 6.10. The molecule has 104 valence electrons. The van der Waals surface area contributed by atoms with Gasteiger partial charge >= 0.3 is 0 Å². The van der Waals surface area contributed by atoms with Crippen LogP contribution in [0.1, 0.15) is 50.0 Å². The van der Waals surface area contributed by atoms with E-state index in [-0.39, 0.29) is 6.29 Å². The average Bonchev–Trinajstić information content (AvgIpc) is 2.96. The highest BCUT2D eigenvalue weighted by Gasteiger charge is 2.24. The highest BCUT2D eigenvalue weighted by molar-refractivity contribution is 5.29. The summed E-state index contributed by atoms with van der Waals surface area (Å²) in [7, 11) is 0. The zero-order valence-corrected chi connectivity index (χ0v) is 11.8. The van der Waals surface area contributed by atoms with Crippen LogP contribution in [-0.4, -0.2) is 13.2 Å². The van der Waals surface area contributed by atoms with Crippen molar-refractivity contribution in [2.75, 3.05) is 13.2 Å². The predicted octanol–water partition coefficient (Wildman–Crippen LogP) is 4.10. The number of rotatable bonds is 3. The smallest absolute Gasteiger partial charge is 0.184 e. The van der Waals surface area contributed by atoms with Gasteiger partial charge in [0.15, 0.2) is 6.29 Å². The van der Waals surface area contributed by atoms with E-state index in [1.807, 2.05) is 0 Å². The van der Waals surface area contributed by atoms with Gasteiger partial charge in [0.05, 0.1) is 13.2 Å². The lowest BCUT2D eigenvalue weighted by molar-refractivity contribution is -0.0448. The van der Waals surface area contributed by atoms with Crippen molar-refractivity contribution in [2.45, 2.75) is 45.3 Å². The summed E-state index contributed by atoms with van der Waals surface area (Å²) in [6.07, 6.45) is 6.60. The predicted molar refractivity (Wildman–Crippen MR) is 75.9 cm³/mol. The molecule has 2 fully saturated rings.